The van der Waals surface area contributed by atoms with Gasteiger partial charge in [-0.2, -0.15) is 0 Å². The first kappa shape index (κ1) is 21.2. The summed E-state index contributed by atoms with van der Waals surface area (Å²) in [7, 11) is -7.43. The van der Waals surface area contributed by atoms with Crippen LogP contribution in [0.5, 0.6) is 0 Å². The Bertz CT molecular complexity index is 788. The van der Waals surface area contributed by atoms with Crippen LogP contribution in [0, 0.1) is 11.3 Å². The van der Waals surface area contributed by atoms with E-state index in [1.165, 1.54) is 0 Å². The smallest absolute Gasteiger partial charge is 0.304 e. The Kier molecular flexibility index (Phi) is 6.39. The summed E-state index contributed by atoms with van der Waals surface area (Å²) in [6, 6.07) is 9.18. The first-order chi connectivity index (χ1) is 11.9. The van der Waals surface area contributed by atoms with Gasteiger partial charge in [0.15, 0.2) is 0 Å². The second kappa shape index (κ2) is 7.85. The predicted octanol–water partition coefficient (Wildman–Crippen LogP) is 4.21. The standard InChI is InChI=1S/C18H28NO5PS/c1-15(2)11-17(25(20)23-13-18(3,4)14-24-25)19(26(5,21)22)12-16-9-7-6-8-10-16/h6-11,15H,12-14H2,1-5H3/b17-11-. The molecule has 0 aromatic heterocycles. The van der Waals surface area contributed by atoms with Crippen molar-refractivity contribution in [3.8, 4) is 0 Å². The largest absolute Gasteiger partial charge is 0.377 e. The molecule has 0 amide bonds. The van der Waals surface area contributed by atoms with Gasteiger partial charge in [0.2, 0.25) is 10.0 Å². The lowest BCUT2D eigenvalue weighted by molar-refractivity contribution is 0.0426. The zero-order chi connectivity index (χ0) is 19.6. The van der Waals surface area contributed by atoms with Crippen molar-refractivity contribution in [2.75, 3.05) is 19.5 Å². The molecule has 0 bridgehead atoms. The summed E-state index contributed by atoms with van der Waals surface area (Å²) in [4.78, 5) is 0. The number of rotatable bonds is 6. The van der Waals surface area contributed by atoms with Gasteiger partial charge in [-0.05, 0) is 17.6 Å². The van der Waals surface area contributed by atoms with Crippen molar-refractivity contribution >= 4 is 17.6 Å². The first-order valence-electron chi connectivity index (χ1n) is 8.56. The Hall–Kier alpha value is -1.14. The second-order valence-electron chi connectivity index (χ2n) is 7.73. The Morgan fingerprint density at radius 1 is 1.23 bits per heavy atom. The highest BCUT2D eigenvalue weighted by Crippen LogP contribution is 2.61. The third-order valence-corrected chi connectivity index (χ3v) is 6.99. The molecular weight excluding hydrogens is 373 g/mol. The van der Waals surface area contributed by atoms with Crippen LogP contribution in [0.4, 0.5) is 0 Å². The van der Waals surface area contributed by atoms with Gasteiger partial charge in [-0.1, -0.05) is 58.0 Å². The molecule has 1 heterocycles. The van der Waals surface area contributed by atoms with Crippen LogP contribution in [0.1, 0.15) is 33.3 Å². The first-order valence-corrected chi connectivity index (χ1v) is 12.0. The van der Waals surface area contributed by atoms with Gasteiger partial charge in [0.1, 0.15) is 5.44 Å². The van der Waals surface area contributed by atoms with E-state index in [1.54, 1.807) is 6.08 Å². The fourth-order valence-electron chi connectivity index (χ4n) is 2.46. The van der Waals surface area contributed by atoms with E-state index in [1.807, 2.05) is 58.0 Å². The summed E-state index contributed by atoms with van der Waals surface area (Å²) in [5.41, 5.74) is 0.609. The van der Waals surface area contributed by atoms with Gasteiger partial charge in [-0.25, -0.2) is 8.42 Å². The van der Waals surface area contributed by atoms with Gasteiger partial charge in [0.25, 0.3) is 0 Å². The minimum Gasteiger partial charge on any atom is -0.304 e. The van der Waals surface area contributed by atoms with Crippen molar-refractivity contribution in [3.05, 3.63) is 47.4 Å². The number of hydrogen-bond acceptors (Lipinski definition) is 5. The minimum absolute atomic E-state index is 0.0296. The molecule has 0 spiro atoms. The third-order valence-electron chi connectivity index (χ3n) is 3.84. The van der Waals surface area contributed by atoms with Crippen molar-refractivity contribution in [2.45, 2.75) is 34.2 Å². The molecule has 0 atom stereocenters. The van der Waals surface area contributed by atoms with E-state index >= 15 is 0 Å². The molecule has 1 aromatic rings. The van der Waals surface area contributed by atoms with Gasteiger partial charge in [0.05, 0.1) is 26.0 Å². The topological polar surface area (TPSA) is 72.9 Å². The molecule has 8 heteroatoms. The zero-order valence-corrected chi connectivity index (χ0v) is 17.7. The summed E-state index contributed by atoms with van der Waals surface area (Å²) in [6.07, 6.45) is 2.76. The van der Waals surface area contributed by atoms with Crippen LogP contribution in [0.15, 0.2) is 41.8 Å². The van der Waals surface area contributed by atoms with E-state index in [0.29, 0.717) is 0 Å². The maximum atomic E-state index is 13.4. The molecule has 0 N–H and O–H groups in total. The van der Waals surface area contributed by atoms with E-state index < -0.39 is 17.6 Å². The quantitative estimate of drug-likeness (QED) is 0.668. The van der Waals surface area contributed by atoms with Gasteiger partial charge >= 0.3 is 7.60 Å². The van der Waals surface area contributed by atoms with Gasteiger partial charge < -0.3 is 9.05 Å². The molecular formula is C18H28NO5PS. The molecule has 1 fully saturated rings. The lowest BCUT2D eigenvalue weighted by atomic mass is 9.97. The van der Waals surface area contributed by atoms with E-state index in [2.05, 4.69) is 0 Å². The molecule has 1 aromatic carbocycles. The van der Waals surface area contributed by atoms with Gasteiger partial charge in [-0.15, -0.1) is 0 Å². The van der Waals surface area contributed by atoms with Crippen LogP contribution in [0.3, 0.4) is 0 Å². The van der Waals surface area contributed by atoms with Crippen LogP contribution in [-0.2, 0) is 30.2 Å². The van der Waals surface area contributed by atoms with Crippen molar-refractivity contribution in [1.29, 1.82) is 0 Å². The Morgan fingerprint density at radius 2 is 1.77 bits per heavy atom. The molecule has 6 nitrogen and oxygen atoms in total. The van der Waals surface area contributed by atoms with E-state index in [4.69, 9.17) is 9.05 Å². The summed E-state index contributed by atoms with van der Waals surface area (Å²) >= 11 is 0. The number of benzene rings is 1. The summed E-state index contributed by atoms with van der Waals surface area (Å²) in [5, 5.41) is 0. The van der Waals surface area contributed by atoms with Crippen LogP contribution in [0.25, 0.3) is 0 Å². The van der Waals surface area contributed by atoms with Gasteiger partial charge in [-0.3, -0.25) is 8.87 Å². The summed E-state index contributed by atoms with van der Waals surface area (Å²) in [5.74, 6) is -0.0296. The Morgan fingerprint density at radius 3 is 2.23 bits per heavy atom. The zero-order valence-electron chi connectivity index (χ0n) is 16.0. The summed E-state index contributed by atoms with van der Waals surface area (Å²) in [6.45, 7) is 8.22. The predicted molar refractivity (Wildman–Crippen MR) is 103 cm³/mol. The molecule has 0 radical (unpaired) electrons. The number of allylic oxidation sites excluding steroid dienone is 1. The average Bonchev–Trinajstić information content (AvgIpc) is 2.54. The summed E-state index contributed by atoms with van der Waals surface area (Å²) < 4.78 is 50.8. The molecule has 2 rings (SSSR count). The second-order valence-corrected chi connectivity index (χ2v) is 11.6. The molecule has 26 heavy (non-hydrogen) atoms. The SMILES string of the molecule is CC(C)/C=C(/N(Cc1ccccc1)S(C)(=O)=O)P1(=O)OCC(C)(C)CO1. The monoisotopic (exact) mass is 401 g/mol. The molecule has 146 valence electrons. The van der Waals surface area contributed by atoms with Crippen LogP contribution in [0.2, 0.25) is 0 Å². The molecule has 1 saturated heterocycles. The number of sulfonamides is 1. The maximum absolute atomic E-state index is 13.4. The fraction of sp³-hybridized carbons (Fsp3) is 0.556. The van der Waals surface area contributed by atoms with Crippen molar-refractivity contribution in [2.24, 2.45) is 11.3 Å². The molecule has 0 saturated carbocycles. The third kappa shape index (κ3) is 5.43. The van der Waals surface area contributed by atoms with E-state index in [0.717, 1.165) is 16.1 Å². The van der Waals surface area contributed by atoms with Crippen LogP contribution < -0.4 is 0 Å². The maximum Gasteiger partial charge on any atom is 0.377 e. The van der Waals surface area contributed by atoms with Gasteiger partial charge in [0, 0.05) is 5.41 Å². The molecule has 0 aliphatic carbocycles. The molecule has 1 aliphatic rings. The van der Waals surface area contributed by atoms with E-state index in [-0.39, 0.29) is 36.5 Å². The Labute approximate surface area is 156 Å². The highest BCUT2D eigenvalue weighted by atomic mass is 32.2. The average molecular weight is 401 g/mol. The molecule has 0 unspecified atom stereocenters. The van der Waals surface area contributed by atoms with Crippen LogP contribution in [-0.4, -0.2) is 32.2 Å². The van der Waals surface area contributed by atoms with Crippen LogP contribution >= 0.6 is 7.60 Å². The number of hydrogen-bond donors (Lipinski definition) is 0. The normalized spacial score (nSPS) is 20.2. The fourth-order valence-corrected chi connectivity index (χ4v) is 6.19. The van der Waals surface area contributed by atoms with E-state index in [9.17, 15) is 13.0 Å². The highest BCUT2D eigenvalue weighted by Gasteiger charge is 2.44. The van der Waals surface area contributed by atoms with Crippen molar-refractivity contribution in [3.63, 3.8) is 0 Å². The van der Waals surface area contributed by atoms with Crippen molar-refractivity contribution in [1.82, 2.24) is 4.31 Å². The Balaban J connectivity index is 2.47. The lowest BCUT2D eigenvalue weighted by Crippen LogP contribution is -2.34. The van der Waals surface area contributed by atoms with Crippen molar-refractivity contribution < 1.29 is 22.0 Å². The lowest BCUT2D eigenvalue weighted by Gasteiger charge is -2.37. The number of nitrogens with zero attached hydrogens (tertiary/aromatic N) is 1. The molecule has 1 aliphatic heterocycles. The highest BCUT2D eigenvalue weighted by molar-refractivity contribution is 7.88. The minimum atomic E-state index is -3.74.